The number of hydrogen-bond donors (Lipinski definition) is 2. The lowest BCUT2D eigenvalue weighted by Crippen LogP contribution is -2.29. The molecule has 1 unspecified atom stereocenters. The third-order valence-corrected chi connectivity index (χ3v) is 4.07. The van der Waals surface area contributed by atoms with Crippen LogP contribution in [-0.4, -0.2) is 25.3 Å². The largest absolute Gasteiger partial charge is 0.489 e. The number of nitrogens with one attached hydrogen (secondary N) is 2. The van der Waals surface area contributed by atoms with Crippen molar-refractivity contribution in [3.05, 3.63) is 48.0 Å². The highest BCUT2D eigenvalue weighted by Gasteiger charge is 2.23. The van der Waals surface area contributed by atoms with Gasteiger partial charge < -0.3 is 24.8 Å². The first kappa shape index (κ1) is 14.7. The number of anilines is 1. The van der Waals surface area contributed by atoms with E-state index in [0.717, 1.165) is 35.7 Å². The van der Waals surface area contributed by atoms with Crippen molar-refractivity contribution < 1.29 is 19.0 Å². The quantitative estimate of drug-likeness (QED) is 0.882. The van der Waals surface area contributed by atoms with E-state index in [4.69, 9.17) is 14.2 Å². The highest BCUT2D eigenvalue weighted by Crippen LogP contribution is 2.35. The van der Waals surface area contributed by atoms with Gasteiger partial charge in [0.05, 0.1) is 0 Å². The number of carbonyl (C=O) groups is 1. The van der Waals surface area contributed by atoms with Gasteiger partial charge in [-0.15, -0.1) is 0 Å². The standard InChI is InChI=1S/C18H18N2O4/c21-18-15(6-7-19-18)20-13-3-1-2-12(8-13)10-22-14-4-5-16-17(9-14)24-11-23-16/h1-5,8-9,15,20H,6-7,10-11H2,(H,19,21). The number of ether oxygens (including phenoxy) is 3. The fraction of sp³-hybridized carbons (Fsp3) is 0.278. The van der Waals surface area contributed by atoms with Gasteiger partial charge in [-0.3, -0.25) is 4.79 Å². The summed E-state index contributed by atoms with van der Waals surface area (Å²) < 4.78 is 16.5. The van der Waals surface area contributed by atoms with Crippen molar-refractivity contribution in [1.82, 2.24) is 5.32 Å². The van der Waals surface area contributed by atoms with E-state index < -0.39 is 0 Å². The SMILES string of the molecule is O=C1NCCC1Nc1cccc(COc2ccc3c(c2)OCO3)c1. The molecule has 1 atom stereocenters. The molecule has 2 aliphatic rings. The monoisotopic (exact) mass is 326 g/mol. The van der Waals surface area contributed by atoms with Crippen LogP contribution in [0.15, 0.2) is 42.5 Å². The molecule has 124 valence electrons. The molecule has 2 N–H and O–H groups in total. The first-order valence-electron chi connectivity index (χ1n) is 7.93. The van der Waals surface area contributed by atoms with E-state index in [0.29, 0.717) is 12.4 Å². The van der Waals surface area contributed by atoms with E-state index in [1.54, 1.807) is 0 Å². The Balaban J connectivity index is 1.39. The van der Waals surface area contributed by atoms with Gasteiger partial charge in [-0.2, -0.15) is 0 Å². The average molecular weight is 326 g/mol. The van der Waals surface area contributed by atoms with Crippen LogP contribution in [0.1, 0.15) is 12.0 Å². The summed E-state index contributed by atoms with van der Waals surface area (Å²) in [5.74, 6) is 2.23. The zero-order valence-electron chi connectivity index (χ0n) is 13.1. The summed E-state index contributed by atoms with van der Waals surface area (Å²) in [6.07, 6.45) is 0.802. The van der Waals surface area contributed by atoms with Crippen LogP contribution in [0.25, 0.3) is 0 Å². The van der Waals surface area contributed by atoms with Crippen molar-refractivity contribution >= 4 is 11.6 Å². The Morgan fingerprint density at radius 2 is 2.08 bits per heavy atom. The fourth-order valence-corrected chi connectivity index (χ4v) is 2.82. The highest BCUT2D eigenvalue weighted by atomic mass is 16.7. The molecule has 6 heteroatoms. The third kappa shape index (κ3) is 3.08. The van der Waals surface area contributed by atoms with Crippen molar-refractivity contribution in [2.45, 2.75) is 19.1 Å². The second-order valence-electron chi connectivity index (χ2n) is 5.78. The minimum absolute atomic E-state index is 0.0528. The topological polar surface area (TPSA) is 68.8 Å². The molecule has 0 bridgehead atoms. The second kappa shape index (κ2) is 6.31. The van der Waals surface area contributed by atoms with Gasteiger partial charge in [-0.1, -0.05) is 12.1 Å². The predicted octanol–water partition coefficient (Wildman–Crippen LogP) is 2.29. The minimum atomic E-state index is -0.157. The summed E-state index contributed by atoms with van der Waals surface area (Å²) in [6, 6.07) is 13.3. The molecule has 0 spiro atoms. The van der Waals surface area contributed by atoms with Crippen LogP contribution in [0, 0.1) is 0 Å². The summed E-state index contributed by atoms with van der Waals surface area (Å²) >= 11 is 0. The maximum Gasteiger partial charge on any atom is 0.242 e. The number of carbonyl (C=O) groups excluding carboxylic acids is 1. The Labute approximate surface area is 139 Å². The van der Waals surface area contributed by atoms with E-state index in [-0.39, 0.29) is 18.7 Å². The van der Waals surface area contributed by atoms with Crippen LogP contribution in [0.3, 0.4) is 0 Å². The third-order valence-electron chi connectivity index (χ3n) is 4.07. The predicted molar refractivity (Wildman–Crippen MR) is 88.4 cm³/mol. The minimum Gasteiger partial charge on any atom is -0.489 e. The van der Waals surface area contributed by atoms with Crippen LogP contribution in [0.2, 0.25) is 0 Å². The molecule has 2 aromatic carbocycles. The molecule has 1 fully saturated rings. The summed E-state index contributed by atoms with van der Waals surface area (Å²) in [5.41, 5.74) is 1.94. The summed E-state index contributed by atoms with van der Waals surface area (Å²) in [5, 5.41) is 6.08. The van der Waals surface area contributed by atoms with Crippen LogP contribution in [-0.2, 0) is 11.4 Å². The van der Waals surface area contributed by atoms with Gasteiger partial charge in [-0.25, -0.2) is 0 Å². The number of hydrogen-bond acceptors (Lipinski definition) is 5. The molecule has 0 saturated carbocycles. The lowest BCUT2D eigenvalue weighted by atomic mass is 10.2. The molecular weight excluding hydrogens is 308 g/mol. The lowest BCUT2D eigenvalue weighted by molar-refractivity contribution is -0.119. The van der Waals surface area contributed by atoms with E-state index in [1.165, 1.54) is 0 Å². The maximum atomic E-state index is 11.6. The highest BCUT2D eigenvalue weighted by molar-refractivity contribution is 5.86. The number of benzene rings is 2. The molecule has 1 saturated heterocycles. The Hall–Kier alpha value is -2.89. The number of rotatable bonds is 5. The smallest absolute Gasteiger partial charge is 0.242 e. The van der Waals surface area contributed by atoms with Gasteiger partial charge >= 0.3 is 0 Å². The Morgan fingerprint density at radius 3 is 2.96 bits per heavy atom. The molecule has 2 heterocycles. The van der Waals surface area contributed by atoms with Gasteiger partial charge in [0.2, 0.25) is 12.7 Å². The number of amides is 1. The Kier molecular flexibility index (Phi) is 3.86. The zero-order valence-corrected chi connectivity index (χ0v) is 13.1. The molecule has 2 aliphatic heterocycles. The summed E-state index contributed by atoms with van der Waals surface area (Å²) in [7, 11) is 0. The maximum absolute atomic E-state index is 11.6. The van der Waals surface area contributed by atoms with Crippen LogP contribution < -0.4 is 24.8 Å². The average Bonchev–Trinajstić information content (AvgIpc) is 3.22. The van der Waals surface area contributed by atoms with Crippen molar-refractivity contribution in [2.24, 2.45) is 0 Å². The van der Waals surface area contributed by atoms with Crippen molar-refractivity contribution in [3.63, 3.8) is 0 Å². The Bertz CT molecular complexity index is 762. The molecule has 2 aromatic rings. The Morgan fingerprint density at radius 1 is 1.17 bits per heavy atom. The molecular formula is C18H18N2O4. The fourth-order valence-electron chi connectivity index (χ4n) is 2.82. The zero-order chi connectivity index (χ0) is 16.4. The first-order valence-corrected chi connectivity index (χ1v) is 7.93. The molecule has 6 nitrogen and oxygen atoms in total. The van der Waals surface area contributed by atoms with Crippen LogP contribution in [0.4, 0.5) is 5.69 Å². The normalized spacial score (nSPS) is 18.3. The number of fused-ring (bicyclic) bond motifs is 1. The molecule has 0 aliphatic carbocycles. The van der Waals surface area contributed by atoms with E-state index in [2.05, 4.69) is 10.6 Å². The van der Waals surface area contributed by atoms with E-state index in [9.17, 15) is 4.79 Å². The molecule has 1 amide bonds. The van der Waals surface area contributed by atoms with E-state index in [1.807, 2.05) is 42.5 Å². The van der Waals surface area contributed by atoms with Gasteiger partial charge in [-0.05, 0) is 36.2 Å². The van der Waals surface area contributed by atoms with Gasteiger partial charge in [0.15, 0.2) is 11.5 Å². The van der Waals surface area contributed by atoms with Gasteiger partial charge in [0, 0.05) is 18.3 Å². The van der Waals surface area contributed by atoms with Crippen LogP contribution in [0.5, 0.6) is 17.2 Å². The van der Waals surface area contributed by atoms with Crippen molar-refractivity contribution in [2.75, 3.05) is 18.7 Å². The van der Waals surface area contributed by atoms with Gasteiger partial charge in [0.25, 0.3) is 0 Å². The molecule has 0 radical (unpaired) electrons. The molecule has 0 aromatic heterocycles. The first-order chi connectivity index (χ1) is 11.8. The van der Waals surface area contributed by atoms with Gasteiger partial charge in [0.1, 0.15) is 18.4 Å². The van der Waals surface area contributed by atoms with E-state index >= 15 is 0 Å². The van der Waals surface area contributed by atoms with Crippen molar-refractivity contribution in [1.29, 1.82) is 0 Å². The summed E-state index contributed by atoms with van der Waals surface area (Å²) in [6.45, 7) is 1.41. The second-order valence-corrected chi connectivity index (χ2v) is 5.78. The molecule has 4 rings (SSSR count). The van der Waals surface area contributed by atoms with Crippen LogP contribution >= 0.6 is 0 Å². The van der Waals surface area contributed by atoms with Crippen molar-refractivity contribution in [3.8, 4) is 17.2 Å². The molecule has 24 heavy (non-hydrogen) atoms. The summed E-state index contributed by atoms with van der Waals surface area (Å²) in [4.78, 5) is 11.6. The lowest BCUT2D eigenvalue weighted by Gasteiger charge is -2.13.